The van der Waals surface area contributed by atoms with Gasteiger partial charge in [0, 0.05) is 30.8 Å². The molecule has 31 heavy (non-hydrogen) atoms. The summed E-state index contributed by atoms with van der Waals surface area (Å²) in [5.41, 5.74) is 3.41. The van der Waals surface area contributed by atoms with Crippen LogP contribution in [-0.2, 0) is 22.4 Å². The number of nitrogens with zero attached hydrogens (tertiary/aromatic N) is 3. The quantitative estimate of drug-likeness (QED) is 0.248. The molecule has 0 unspecified atom stereocenters. The van der Waals surface area contributed by atoms with Crippen molar-refractivity contribution >= 4 is 23.0 Å². The van der Waals surface area contributed by atoms with Gasteiger partial charge in [0.25, 0.3) is 0 Å². The second-order valence-corrected chi connectivity index (χ2v) is 8.78. The van der Waals surface area contributed by atoms with E-state index in [0.717, 1.165) is 42.3 Å². The van der Waals surface area contributed by atoms with Crippen LogP contribution in [0, 0.1) is 12.8 Å². The van der Waals surface area contributed by atoms with E-state index in [1.807, 2.05) is 26.1 Å². The molecular formula is C24H36N4O2S. The fraction of sp³-hybridized carbons (Fsp3) is 0.500. The van der Waals surface area contributed by atoms with Gasteiger partial charge >= 0.3 is 0 Å². The molecule has 0 amide bonds. The van der Waals surface area contributed by atoms with Crippen molar-refractivity contribution in [2.24, 2.45) is 5.92 Å². The molecule has 170 valence electrons. The fourth-order valence-electron chi connectivity index (χ4n) is 2.79. The zero-order valence-corrected chi connectivity index (χ0v) is 20.2. The molecule has 2 heterocycles. The van der Waals surface area contributed by atoms with Crippen molar-refractivity contribution in [2.45, 2.75) is 52.5 Å². The third-order valence-electron chi connectivity index (χ3n) is 4.20. The SMILES string of the molecule is CC(C)C.CCOCOCCNSc1ccc(CCn2c(C)nc3ccncc32)cc1. The first kappa shape index (κ1) is 25.3. The number of hydrogen-bond acceptors (Lipinski definition) is 6. The molecular weight excluding hydrogens is 408 g/mol. The number of imidazole rings is 1. The second-order valence-electron chi connectivity index (χ2n) is 7.82. The maximum Gasteiger partial charge on any atom is 0.146 e. The number of nitrogens with one attached hydrogen (secondary N) is 1. The number of fused-ring (bicyclic) bond motifs is 1. The van der Waals surface area contributed by atoms with Crippen molar-refractivity contribution < 1.29 is 9.47 Å². The molecule has 0 bridgehead atoms. The first-order chi connectivity index (χ1) is 15.0. The summed E-state index contributed by atoms with van der Waals surface area (Å²) in [6, 6.07) is 10.6. The summed E-state index contributed by atoms with van der Waals surface area (Å²) in [6.45, 7) is 13.9. The van der Waals surface area contributed by atoms with Crippen LogP contribution in [0.25, 0.3) is 11.0 Å². The van der Waals surface area contributed by atoms with Gasteiger partial charge in [-0.3, -0.25) is 9.71 Å². The van der Waals surface area contributed by atoms with Crippen LogP contribution < -0.4 is 4.72 Å². The van der Waals surface area contributed by atoms with Crippen molar-refractivity contribution in [3.05, 3.63) is 54.1 Å². The van der Waals surface area contributed by atoms with E-state index in [9.17, 15) is 0 Å². The van der Waals surface area contributed by atoms with E-state index in [-0.39, 0.29) is 0 Å². The van der Waals surface area contributed by atoms with Gasteiger partial charge in [-0.2, -0.15) is 0 Å². The van der Waals surface area contributed by atoms with Gasteiger partial charge in [-0.25, -0.2) is 4.98 Å². The first-order valence-corrected chi connectivity index (χ1v) is 11.7. The van der Waals surface area contributed by atoms with E-state index in [2.05, 4.69) is 64.3 Å². The zero-order chi connectivity index (χ0) is 22.5. The van der Waals surface area contributed by atoms with Crippen LogP contribution in [0.1, 0.15) is 39.1 Å². The monoisotopic (exact) mass is 444 g/mol. The Bertz CT molecular complexity index is 878. The minimum absolute atomic E-state index is 0.360. The molecule has 3 rings (SSSR count). The average molecular weight is 445 g/mol. The van der Waals surface area contributed by atoms with Crippen molar-refractivity contribution in [2.75, 3.05) is 26.6 Å². The van der Waals surface area contributed by atoms with E-state index in [1.165, 1.54) is 10.5 Å². The van der Waals surface area contributed by atoms with Crippen molar-refractivity contribution in [3.63, 3.8) is 0 Å². The average Bonchev–Trinajstić information content (AvgIpc) is 3.07. The molecule has 6 nitrogen and oxygen atoms in total. The summed E-state index contributed by atoms with van der Waals surface area (Å²) in [6.07, 6.45) is 4.64. The van der Waals surface area contributed by atoms with Gasteiger partial charge in [-0.05, 0) is 61.9 Å². The standard InChI is InChI=1S/C20H26N4O2S.C4H10/c1-3-25-15-26-13-11-22-27-18-6-4-17(5-7-18)9-12-24-16(2)23-19-8-10-21-14-20(19)24;1-4(2)3/h4-8,10,14,22H,3,9,11-13,15H2,1-2H3;4H,1-3H3. The molecule has 0 fully saturated rings. The lowest BCUT2D eigenvalue weighted by atomic mass is 10.1. The molecule has 2 aromatic heterocycles. The van der Waals surface area contributed by atoms with Crippen molar-refractivity contribution in [3.8, 4) is 0 Å². The molecule has 1 aromatic carbocycles. The number of hydrogen-bond donors (Lipinski definition) is 1. The van der Waals surface area contributed by atoms with Gasteiger partial charge < -0.3 is 14.0 Å². The van der Waals surface area contributed by atoms with Gasteiger partial charge in [0.15, 0.2) is 0 Å². The number of ether oxygens (including phenoxy) is 2. The van der Waals surface area contributed by atoms with Crippen molar-refractivity contribution in [1.82, 2.24) is 19.3 Å². The van der Waals surface area contributed by atoms with Crippen LogP contribution in [0.15, 0.2) is 47.6 Å². The highest BCUT2D eigenvalue weighted by molar-refractivity contribution is 7.97. The summed E-state index contributed by atoms with van der Waals surface area (Å²) in [5, 5.41) is 0. The van der Waals surface area contributed by atoms with Gasteiger partial charge in [0.2, 0.25) is 0 Å². The summed E-state index contributed by atoms with van der Waals surface area (Å²) in [5.74, 6) is 1.86. The summed E-state index contributed by atoms with van der Waals surface area (Å²) < 4.78 is 16.0. The Morgan fingerprint density at radius 3 is 2.55 bits per heavy atom. The minimum Gasteiger partial charge on any atom is -0.356 e. The predicted molar refractivity (Wildman–Crippen MR) is 129 cm³/mol. The molecule has 3 aromatic rings. The van der Waals surface area contributed by atoms with E-state index >= 15 is 0 Å². The minimum atomic E-state index is 0.360. The van der Waals surface area contributed by atoms with Gasteiger partial charge in [-0.1, -0.05) is 32.9 Å². The molecule has 0 radical (unpaired) electrons. The van der Waals surface area contributed by atoms with Gasteiger partial charge in [-0.15, -0.1) is 0 Å². The van der Waals surface area contributed by atoms with Crippen LogP contribution in [-0.4, -0.2) is 41.1 Å². The van der Waals surface area contributed by atoms with E-state index in [1.54, 1.807) is 18.1 Å². The maximum absolute atomic E-state index is 5.33. The zero-order valence-electron chi connectivity index (χ0n) is 19.4. The number of aryl methyl sites for hydroxylation is 3. The molecule has 0 saturated carbocycles. The third kappa shape index (κ3) is 9.39. The number of aromatic nitrogens is 3. The van der Waals surface area contributed by atoms with Crippen molar-refractivity contribution in [1.29, 1.82) is 0 Å². The highest BCUT2D eigenvalue weighted by Gasteiger charge is 2.07. The topological polar surface area (TPSA) is 61.2 Å². The first-order valence-electron chi connectivity index (χ1n) is 10.9. The Labute approximate surface area is 190 Å². The molecule has 0 spiro atoms. The highest BCUT2D eigenvalue weighted by Crippen LogP contribution is 2.18. The van der Waals surface area contributed by atoms with Crippen LogP contribution >= 0.6 is 11.9 Å². The molecule has 0 saturated heterocycles. The summed E-state index contributed by atoms with van der Waals surface area (Å²) >= 11 is 1.62. The van der Waals surface area contributed by atoms with Crippen LogP contribution in [0.2, 0.25) is 0 Å². The van der Waals surface area contributed by atoms with Gasteiger partial charge in [0.1, 0.15) is 12.6 Å². The smallest absolute Gasteiger partial charge is 0.146 e. The maximum atomic E-state index is 5.33. The number of pyridine rings is 1. The highest BCUT2D eigenvalue weighted by atomic mass is 32.2. The largest absolute Gasteiger partial charge is 0.356 e. The molecule has 7 heteroatoms. The Hall–Kier alpha value is -1.93. The van der Waals surface area contributed by atoms with E-state index in [4.69, 9.17) is 9.47 Å². The predicted octanol–water partition coefficient (Wildman–Crippen LogP) is 5.25. The Morgan fingerprint density at radius 2 is 1.84 bits per heavy atom. The van der Waals surface area contributed by atoms with Crippen LogP contribution in [0.4, 0.5) is 0 Å². The lowest BCUT2D eigenvalue weighted by Gasteiger charge is -2.08. The van der Waals surface area contributed by atoms with Crippen LogP contribution in [0.5, 0.6) is 0 Å². The summed E-state index contributed by atoms with van der Waals surface area (Å²) in [4.78, 5) is 10.0. The molecule has 1 N–H and O–H groups in total. The Kier molecular flexibility index (Phi) is 11.6. The Balaban J connectivity index is 0.000000785. The number of benzene rings is 1. The van der Waals surface area contributed by atoms with Gasteiger partial charge in [0.05, 0.1) is 23.8 Å². The molecule has 0 aliphatic heterocycles. The normalized spacial score (nSPS) is 11.0. The lowest BCUT2D eigenvalue weighted by molar-refractivity contribution is -0.0469. The fourth-order valence-corrected chi connectivity index (χ4v) is 3.41. The summed E-state index contributed by atoms with van der Waals surface area (Å²) in [7, 11) is 0. The molecule has 0 aliphatic carbocycles. The molecule has 0 atom stereocenters. The lowest BCUT2D eigenvalue weighted by Crippen LogP contribution is -2.13. The van der Waals surface area contributed by atoms with E-state index < -0.39 is 0 Å². The van der Waals surface area contributed by atoms with Crippen LogP contribution in [0.3, 0.4) is 0 Å². The Morgan fingerprint density at radius 1 is 1.10 bits per heavy atom. The number of rotatable bonds is 11. The second kappa shape index (κ2) is 14.2. The van der Waals surface area contributed by atoms with E-state index in [0.29, 0.717) is 20.0 Å². The molecule has 0 aliphatic rings. The third-order valence-corrected chi connectivity index (χ3v) is 5.05.